The van der Waals surface area contributed by atoms with Crippen molar-refractivity contribution in [1.82, 2.24) is 4.90 Å². The van der Waals surface area contributed by atoms with Gasteiger partial charge in [0.25, 0.3) is 0 Å². The number of carbonyl (C=O) groups is 1. The van der Waals surface area contributed by atoms with E-state index < -0.39 is 5.97 Å². The monoisotopic (exact) mass is 269 g/mol. The van der Waals surface area contributed by atoms with Crippen molar-refractivity contribution in [3.63, 3.8) is 0 Å². The highest BCUT2D eigenvalue weighted by Crippen LogP contribution is 2.40. The van der Waals surface area contributed by atoms with E-state index in [9.17, 15) is 4.79 Å². The first-order chi connectivity index (χ1) is 9.19. The second-order valence-electron chi connectivity index (χ2n) is 5.95. The number of hydrogen-bond donors (Lipinski definition) is 1. The van der Waals surface area contributed by atoms with Crippen LogP contribution in [-0.4, -0.2) is 53.6 Å². The quantitative estimate of drug-likeness (QED) is 0.821. The van der Waals surface area contributed by atoms with Crippen LogP contribution in [0.3, 0.4) is 0 Å². The van der Waals surface area contributed by atoms with E-state index in [0.717, 1.165) is 38.9 Å². The van der Waals surface area contributed by atoms with Gasteiger partial charge in [0.15, 0.2) is 5.79 Å². The molecule has 2 aliphatic carbocycles. The maximum atomic E-state index is 10.8. The van der Waals surface area contributed by atoms with Gasteiger partial charge in [-0.25, -0.2) is 0 Å². The van der Waals surface area contributed by atoms with Gasteiger partial charge in [-0.1, -0.05) is 0 Å². The molecule has 1 aliphatic heterocycles. The molecule has 3 rings (SSSR count). The van der Waals surface area contributed by atoms with Crippen LogP contribution in [0.25, 0.3) is 0 Å². The first-order valence-electron chi connectivity index (χ1n) is 7.44. The molecule has 0 bridgehead atoms. The minimum atomic E-state index is -0.694. The summed E-state index contributed by atoms with van der Waals surface area (Å²) in [7, 11) is 0. The lowest BCUT2D eigenvalue weighted by atomic mass is 9.89. The highest BCUT2D eigenvalue weighted by Gasteiger charge is 2.43. The van der Waals surface area contributed by atoms with Crippen LogP contribution in [0.1, 0.15) is 44.9 Å². The van der Waals surface area contributed by atoms with Gasteiger partial charge in [-0.3, -0.25) is 9.69 Å². The molecule has 0 radical (unpaired) electrons. The number of rotatable bonds is 5. The van der Waals surface area contributed by atoms with Crippen LogP contribution < -0.4 is 0 Å². The third kappa shape index (κ3) is 3.09. The maximum absolute atomic E-state index is 10.8. The fourth-order valence-electron chi connectivity index (χ4n) is 3.45. The lowest BCUT2D eigenvalue weighted by Crippen LogP contribution is -2.45. The van der Waals surface area contributed by atoms with Crippen molar-refractivity contribution in [1.29, 1.82) is 0 Å². The Morgan fingerprint density at radius 2 is 1.68 bits per heavy atom. The van der Waals surface area contributed by atoms with Crippen LogP contribution in [0.2, 0.25) is 0 Å². The van der Waals surface area contributed by atoms with E-state index in [2.05, 4.69) is 4.90 Å². The Balaban J connectivity index is 1.54. The molecule has 1 heterocycles. The summed E-state index contributed by atoms with van der Waals surface area (Å²) in [4.78, 5) is 13.2. The zero-order valence-corrected chi connectivity index (χ0v) is 11.3. The van der Waals surface area contributed by atoms with Crippen molar-refractivity contribution in [3.8, 4) is 0 Å². The van der Waals surface area contributed by atoms with Crippen molar-refractivity contribution >= 4 is 5.97 Å². The molecule has 1 N–H and O–H groups in total. The molecule has 0 unspecified atom stereocenters. The zero-order valence-electron chi connectivity index (χ0n) is 11.3. The van der Waals surface area contributed by atoms with E-state index in [0.29, 0.717) is 18.6 Å². The van der Waals surface area contributed by atoms with Gasteiger partial charge in [-0.05, 0) is 25.7 Å². The topological polar surface area (TPSA) is 59.0 Å². The van der Waals surface area contributed by atoms with E-state index in [1.807, 2.05) is 0 Å². The van der Waals surface area contributed by atoms with Crippen LogP contribution in [0, 0.1) is 0 Å². The summed E-state index contributed by atoms with van der Waals surface area (Å²) >= 11 is 0. The molecule has 0 atom stereocenters. The standard InChI is InChI=1S/C14H23NO4/c16-13(17)5-8-15(11-1-2-11)12-3-6-14(7-4-12)18-9-10-19-14/h11-12H,1-10H2,(H,16,17). The average molecular weight is 269 g/mol. The molecular weight excluding hydrogens is 246 g/mol. The highest BCUT2D eigenvalue weighted by molar-refractivity contribution is 5.66. The van der Waals surface area contributed by atoms with E-state index >= 15 is 0 Å². The Bertz CT molecular complexity index is 326. The van der Waals surface area contributed by atoms with Gasteiger partial charge in [-0.15, -0.1) is 0 Å². The summed E-state index contributed by atoms with van der Waals surface area (Å²) in [6.45, 7) is 2.13. The summed E-state index contributed by atoms with van der Waals surface area (Å²) in [6, 6.07) is 1.15. The first kappa shape index (κ1) is 13.3. The van der Waals surface area contributed by atoms with Crippen LogP contribution >= 0.6 is 0 Å². The Labute approximate surface area is 113 Å². The molecular formula is C14H23NO4. The minimum absolute atomic E-state index is 0.255. The summed E-state index contributed by atoms with van der Waals surface area (Å²) in [5.74, 6) is -1.00. The van der Waals surface area contributed by atoms with E-state index in [1.165, 1.54) is 12.8 Å². The summed E-state index contributed by atoms with van der Waals surface area (Å²) in [5, 5.41) is 8.86. The summed E-state index contributed by atoms with van der Waals surface area (Å²) in [6.07, 6.45) is 6.75. The molecule has 3 fully saturated rings. The Hall–Kier alpha value is -0.650. The first-order valence-corrected chi connectivity index (χ1v) is 7.44. The highest BCUT2D eigenvalue weighted by atomic mass is 16.7. The predicted molar refractivity (Wildman–Crippen MR) is 68.9 cm³/mol. The average Bonchev–Trinajstić information content (AvgIpc) is 3.13. The van der Waals surface area contributed by atoms with Crippen molar-refractivity contribution in [3.05, 3.63) is 0 Å². The lowest BCUT2D eigenvalue weighted by Gasteiger charge is -2.40. The van der Waals surface area contributed by atoms with Gasteiger partial charge in [-0.2, -0.15) is 0 Å². The van der Waals surface area contributed by atoms with Crippen LogP contribution in [0.15, 0.2) is 0 Å². The molecule has 3 aliphatic rings. The van der Waals surface area contributed by atoms with Gasteiger partial charge in [0.1, 0.15) is 0 Å². The molecule has 1 saturated heterocycles. The van der Waals surface area contributed by atoms with Crippen LogP contribution in [0.5, 0.6) is 0 Å². The lowest BCUT2D eigenvalue weighted by molar-refractivity contribution is -0.184. The molecule has 0 aromatic carbocycles. The van der Waals surface area contributed by atoms with Crippen molar-refractivity contribution in [2.24, 2.45) is 0 Å². The fraction of sp³-hybridized carbons (Fsp3) is 0.929. The molecule has 0 amide bonds. The Kier molecular flexibility index (Phi) is 3.78. The zero-order chi connectivity index (χ0) is 13.3. The molecule has 1 spiro atoms. The predicted octanol–water partition coefficient (Wildman–Crippen LogP) is 1.61. The number of ether oxygens (including phenoxy) is 2. The molecule has 19 heavy (non-hydrogen) atoms. The summed E-state index contributed by atoms with van der Waals surface area (Å²) in [5.41, 5.74) is 0. The molecule has 5 nitrogen and oxygen atoms in total. The number of carboxylic acid groups (broad SMARTS) is 1. The smallest absolute Gasteiger partial charge is 0.304 e. The van der Waals surface area contributed by atoms with Crippen LogP contribution in [0.4, 0.5) is 0 Å². The summed E-state index contributed by atoms with van der Waals surface area (Å²) < 4.78 is 11.5. The number of nitrogens with zero attached hydrogens (tertiary/aromatic N) is 1. The molecule has 0 aromatic heterocycles. The fourth-order valence-corrected chi connectivity index (χ4v) is 3.45. The van der Waals surface area contributed by atoms with Gasteiger partial charge in [0.05, 0.1) is 19.6 Å². The van der Waals surface area contributed by atoms with E-state index in [1.54, 1.807) is 0 Å². The van der Waals surface area contributed by atoms with Gasteiger partial charge >= 0.3 is 5.97 Å². The third-order valence-electron chi connectivity index (χ3n) is 4.60. The van der Waals surface area contributed by atoms with E-state index in [4.69, 9.17) is 14.6 Å². The second kappa shape index (κ2) is 5.38. The Morgan fingerprint density at radius 3 is 2.21 bits per heavy atom. The Morgan fingerprint density at radius 1 is 1.11 bits per heavy atom. The number of hydrogen-bond acceptors (Lipinski definition) is 4. The van der Waals surface area contributed by atoms with Crippen molar-refractivity contribution in [2.45, 2.75) is 62.8 Å². The minimum Gasteiger partial charge on any atom is -0.481 e. The second-order valence-corrected chi connectivity index (χ2v) is 5.95. The molecule has 5 heteroatoms. The van der Waals surface area contributed by atoms with Crippen molar-refractivity contribution < 1.29 is 19.4 Å². The number of aliphatic carboxylic acids is 1. The third-order valence-corrected chi connectivity index (χ3v) is 4.60. The van der Waals surface area contributed by atoms with Crippen molar-refractivity contribution in [2.75, 3.05) is 19.8 Å². The van der Waals surface area contributed by atoms with E-state index in [-0.39, 0.29) is 12.2 Å². The van der Waals surface area contributed by atoms with Crippen LogP contribution in [-0.2, 0) is 14.3 Å². The van der Waals surface area contributed by atoms with Gasteiger partial charge in [0.2, 0.25) is 0 Å². The SMILES string of the molecule is O=C(O)CCN(C1CC1)C1CCC2(CC1)OCCO2. The van der Waals surface area contributed by atoms with Gasteiger partial charge < -0.3 is 14.6 Å². The largest absolute Gasteiger partial charge is 0.481 e. The maximum Gasteiger partial charge on any atom is 0.304 e. The normalized spacial score (nSPS) is 27.2. The molecule has 0 aromatic rings. The molecule has 108 valence electrons. The number of carboxylic acids is 1. The van der Waals surface area contributed by atoms with Gasteiger partial charge in [0, 0.05) is 31.5 Å². The molecule has 2 saturated carbocycles.